The van der Waals surface area contributed by atoms with Crippen molar-refractivity contribution in [1.82, 2.24) is 14.9 Å². The zero-order valence-electron chi connectivity index (χ0n) is 15.8. The van der Waals surface area contributed by atoms with Gasteiger partial charge in [-0.15, -0.1) is 11.3 Å². The minimum atomic E-state index is -0.0937. The largest absolute Gasteiger partial charge is 0.350 e. The molecule has 0 aliphatic rings. The zero-order chi connectivity index (χ0) is 20.1. The van der Waals surface area contributed by atoms with Crippen molar-refractivity contribution < 1.29 is 4.79 Å². The van der Waals surface area contributed by atoms with Crippen LogP contribution >= 0.6 is 34.7 Å². The van der Waals surface area contributed by atoms with Gasteiger partial charge in [-0.1, -0.05) is 43.3 Å². The predicted octanol–water partition coefficient (Wildman–Crippen LogP) is 4.57. The number of carbonyl (C=O) groups is 1. The number of fused-ring (bicyclic) bond motifs is 1. The summed E-state index contributed by atoms with van der Waals surface area (Å²) in [6, 6.07) is 9.03. The molecule has 1 N–H and O–H groups in total. The number of hydrogen-bond acceptors (Lipinski definition) is 5. The van der Waals surface area contributed by atoms with E-state index < -0.39 is 0 Å². The van der Waals surface area contributed by atoms with Gasteiger partial charge < -0.3 is 5.32 Å². The average Bonchev–Trinajstić information content (AvgIpc) is 3.17. The summed E-state index contributed by atoms with van der Waals surface area (Å²) in [6.07, 6.45) is 0.860. The van der Waals surface area contributed by atoms with E-state index in [1.165, 1.54) is 11.8 Å². The molecule has 3 rings (SSSR count). The molecule has 0 spiro atoms. The first-order valence-electron chi connectivity index (χ1n) is 9.06. The van der Waals surface area contributed by atoms with Crippen LogP contribution in [-0.4, -0.2) is 21.2 Å². The highest BCUT2D eigenvalue weighted by Crippen LogP contribution is 2.21. The van der Waals surface area contributed by atoms with Crippen LogP contribution in [0.1, 0.15) is 25.1 Å². The van der Waals surface area contributed by atoms with E-state index in [9.17, 15) is 9.59 Å². The molecule has 0 fully saturated rings. The molecule has 0 bridgehead atoms. The summed E-state index contributed by atoms with van der Waals surface area (Å²) in [5, 5.41) is 6.50. The van der Waals surface area contributed by atoms with Crippen LogP contribution in [0.2, 0.25) is 5.02 Å². The van der Waals surface area contributed by atoms with Crippen LogP contribution in [0.3, 0.4) is 0 Å². The molecule has 1 amide bonds. The van der Waals surface area contributed by atoms with Crippen molar-refractivity contribution >= 4 is 51.5 Å². The van der Waals surface area contributed by atoms with Gasteiger partial charge in [-0.05, 0) is 42.0 Å². The number of hydrogen-bond donors (Lipinski definition) is 1. The van der Waals surface area contributed by atoms with Gasteiger partial charge in [-0.25, -0.2) is 4.98 Å². The lowest BCUT2D eigenvalue weighted by atomic mass is 10.1. The Morgan fingerprint density at radius 2 is 2.18 bits per heavy atom. The molecule has 2 heterocycles. The molecule has 0 saturated heterocycles. The number of nitrogens with zero attached hydrogens (tertiary/aromatic N) is 2. The van der Waals surface area contributed by atoms with Gasteiger partial charge in [0, 0.05) is 16.4 Å². The summed E-state index contributed by atoms with van der Waals surface area (Å²) < 4.78 is 1.67. The second-order valence-electron chi connectivity index (χ2n) is 6.84. The molecule has 8 heteroatoms. The van der Waals surface area contributed by atoms with Gasteiger partial charge in [-0.3, -0.25) is 14.2 Å². The van der Waals surface area contributed by atoms with Crippen molar-refractivity contribution in [2.75, 3.05) is 5.75 Å². The summed E-state index contributed by atoms with van der Waals surface area (Å²) in [4.78, 5) is 30.9. The van der Waals surface area contributed by atoms with Gasteiger partial charge >= 0.3 is 0 Å². The predicted molar refractivity (Wildman–Crippen MR) is 117 cm³/mol. The van der Waals surface area contributed by atoms with E-state index in [4.69, 9.17) is 11.6 Å². The minimum absolute atomic E-state index is 0.0887. The molecule has 0 unspecified atom stereocenters. The fourth-order valence-corrected chi connectivity index (χ4v) is 4.31. The summed E-state index contributed by atoms with van der Waals surface area (Å²) in [5.74, 6) is 0.569. The topological polar surface area (TPSA) is 64.0 Å². The summed E-state index contributed by atoms with van der Waals surface area (Å²) in [6.45, 7) is 5.31. The molecular weight excluding hydrogens is 414 g/mol. The number of rotatable bonds is 8. The minimum Gasteiger partial charge on any atom is -0.350 e. The second kappa shape index (κ2) is 9.58. The van der Waals surface area contributed by atoms with Crippen LogP contribution in [-0.2, 0) is 17.9 Å². The fourth-order valence-electron chi connectivity index (χ4n) is 2.65. The molecule has 0 aliphatic heterocycles. The number of halogens is 1. The number of thioether (sulfide) groups is 1. The highest BCUT2D eigenvalue weighted by atomic mass is 35.5. The van der Waals surface area contributed by atoms with Crippen molar-refractivity contribution in [1.29, 1.82) is 0 Å². The van der Waals surface area contributed by atoms with Crippen molar-refractivity contribution in [2.45, 2.75) is 38.5 Å². The number of carbonyl (C=O) groups excluding carboxylic acids is 1. The van der Waals surface area contributed by atoms with Gasteiger partial charge in [0.25, 0.3) is 5.56 Å². The number of aromatic nitrogens is 2. The molecule has 0 aliphatic carbocycles. The van der Waals surface area contributed by atoms with Crippen LogP contribution in [0.25, 0.3) is 10.9 Å². The van der Waals surface area contributed by atoms with Crippen LogP contribution < -0.4 is 10.9 Å². The van der Waals surface area contributed by atoms with E-state index in [1.807, 2.05) is 17.5 Å². The molecule has 0 saturated carbocycles. The molecule has 28 heavy (non-hydrogen) atoms. The van der Waals surface area contributed by atoms with Gasteiger partial charge in [-0.2, -0.15) is 0 Å². The Morgan fingerprint density at radius 1 is 1.36 bits per heavy atom. The van der Waals surface area contributed by atoms with E-state index in [2.05, 4.69) is 24.1 Å². The molecule has 5 nitrogen and oxygen atoms in total. The van der Waals surface area contributed by atoms with Crippen LogP contribution in [0.5, 0.6) is 0 Å². The lowest BCUT2D eigenvalue weighted by molar-refractivity contribution is -0.118. The molecule has 0 radical (unpaired) electrons. The first kappa shape index (κ1) is 20.9. The lowest BCUT2D eigenvalue weighted by Crippen LogP contribution is -2.27. The first-order chi connectivity index (χ1) is 13.4. The smallest absolute Gasteiger partial charge is 0.262 e. The van der Waals surface area contributed by atoms with Crippen LogP contribution in [0.15, 0.2) is 45.7 Å². The SMILES string of the molecule is CC(C)CCn1c(SCC(=O)NCc2cccs2)nc2cc(Cl)ccc2c1=O. The van der Waals surface area contributed by atoms with Crippen molar-refractivity contribution in [3.05, 3.63) is 56.0 Å². The highest BCUT2D eigenvalue weighted by Gasteiger charge is 2.14. The van der Waals surface area contributed by atoms with E-state index in [1.54, 1.807) is 34.1 Å². The molecule has 0 atom stereocenters. The Morgan fingerprint density at radius 3 is 2.89 bits per heavy atom. The molecular formula is C20H22ClN3O2S2. The molecule has 2 aromatic heterocycles. The number of nitrogens with one attached hydrogen (secondary N) is 1. The van der Waals surface area contributed by atoms with E-state index in [0.717, 1.165) is 11.3 Å². The highest BCUT2D eigenvalue weighted by molar-refractivity contribution is 7.99. The average molecular weight is 436 g/mol. The van der Waals surface area contributed by atoms with Crippen LogP contribution in [0, 0.1) is 5.92 Å². The quantitative estimate of drug-likeness (QED) is 0.416. The maximum absolute atomic E-state index is 13.0. The van der Waals surface area contributed by atoms with Gasteiger partial charge in [0.05, 0.1) is 23.2 Å². The summed E-state index contributed by atoms with van der Waals surface area (Å²) in [5.41, 5.74) is 0.462. The van der Waals surface area contributed by atoms with Crippen molar-refractivity contribution in [3.63, 3.8) is 0 Å². The van der Waals surface area contributed by atoms with Gasteiger partial charge in [0.1, 0.15) is 0 Å². The second-order valence-corrected chi connectivity index (χ2v) is 9.25. The van der Waals surface area contributed by atoms with E-state index >= 15 is 0 Å². The number of benzene rings is 1. The maximum atomic E-state index is 13.0. The summed E-state index contributed by atoms with van der Waals surface area (Å²) >= 11 is 8.95. The maximum Gasteiger partial charge on any atom is 0.262 e. The molecule has 3 aromatic rings. The normalized spacial score (nSPS) is 11.3. The fraction of sp³-hybridized carbons (Fsp3) is 0.350. The number of thiophene rings is 1. The third kappa shape index (κ3) is 5.37. The Kier molecular flexibility index (Phi) is 7.15. The zero-order valence-corrected chi connectivity index (χ0v) is 18.2. The third-order valence-electron chi connectivity index (χ3n) is 4.18. The monoisotopic (exact) mass is 435 g/mol. The van der Waals surface area contributed by atoms with Gasteiger partial charge in [0.2, 0.25) is 5.91 Å². The Bertz CT molecular complexity index is 1020. The first-order valence-corrected chi connectivity index (χ1v) is 11.3. The van der Waals surface area contributed by atoms with Gasteiger partial charge in [0.15, 0.2) is 5.16 Å². The van der Waals surface area contributed by atoms with Crippen LogP contribution in [0.4, 0.5) is 0 Å². The lowest BCUT2D eigenvalue weighted by Gasteiger charge is -2.14. The molecule has 148 valence electrons. The Balaban J connectivity index is 1.79. The summed E-state index contributed by atoms with van der Waals surface area (Å²) in [7, 11) is 0. The van der Waals surface area contributed by atoms with Crippen molar-refractivity contribution in [3.8, 4) is 0 Å². The third-order valence-corrected chi connectivity index (χ3v) is 6.27. The van der Waals surface area contributed by atoms with Crippen molar-refractivity contribution in [2.24, 2.45) is 5.92 Å². The van der Waals surface area contributed by atoms with E-state index in [0.29, 0.717) is 40.1 Å². The standard InChI is InChI=1S/C20H22ClN3O2S2/c1-13(2)7-8-24-19(26)16-6-5-14(21)10-17(16)23-20(24)28-12-18(25)22-11-15-4-3-9-27-15/h3-6,9-10,13H,7-8,11-12H2,1-2H3,(H,22,25). The molecule has 1 aromatic carbocycles. The Hall–Kier alpha value is -1.83. The Labute approximate surface area is 177 Å². The number of amides is 1. The van der Waals surface area contributed by atoms with E-state index in [-0.39, 0.29) is 17.2 Å².